The monoisotopic (exact) mass is 343 g/mol. The Morgan fingerprint density at radius 2 is 1.84 bits per heavy atom. The molecule has 0 radical (unpaired) electrons. The van der Waals surface area contributed by atoms with Gasteiger partial charge in [0.25, 0.3) is 5.91 Å². The molecule has 25 heavy (non-hydrogen) atoms. The molecule has 134 valence electrons. The molecular weight excluding hydrogens is 318 g/mol. The summed E-state index contributed by atoms with van der Waals surface area (Å²) in [6.07, 6.45) is 0.0630. The summed E-state index contributed by atoms with van der Waals surface area (Å²) in [4.78, 5) is 12.4. The molecule has 1 N–H and O–H groups in total. The average Bonchev–Trinajstić information content (AvgIpc) is 2.63. The van der Waals surface area contributed by atoms with Gasteiger partial charge in [0.05, 0.1) is 14.2 Å². The number of methoxy groups -OCH3 is 2. The average molecular weight is 343 g/mol. The highest BCUT2D eigenvalue weighted by Gasteiger charge is 2.18. The lowest BCUT2D eigenvalue weighted by Gasteiger charge is -2.18. The highest BCUT2D eigenvalue weighted by Crippen LogP contribution is 2.27. The number of aryl methyl sites for hydroxylation is 1. The molecule has 2 aromatic rings. The van der Waals surface area contributed by atoms with Crippen LogP contribution in [0.2, 0.25) is 0 Å². The normalized spacial score (nSPS) is 11.5. The van der Waals surface area contributed by atoms with Crippen molar-refractivity contribution in [3.05, 3.63) is 53.6 Å². The van der Waals surface area contributed by atoms with Gasteiger partial charge in [0.2, 0.25) is 0 Å². The number of rotatable bonds is 8. The third kappa shape index (κ3) is 5.14. The first-order valence-corrected chi connectivity index (χ1v) is 8.29. The maximum absolute atomic E-state index is 12.4. The molecule has 1 atom stereocenters. The largest absolute Gasteiger partial charge is 0.493 e. The van der Waals surface area contributed by atoms with Crippen molar-refractivity contribution in [1.82, 2.24) is 5.32 Å². The smallest absolute Gasteiger partial charge is 0.261 e. The van der Waals surface area contributed by atoms with E-state index in [-0.39, 0.29) is 5.91 Å². The van der Waals surface area contributed by atoms with E-state index in [1.165, 1.54) is 0 Å². The van der Waals surface area contributed by atoms with Crippen LogP contribution in [0.1, 0.15) is 24.5 Å². The van der Waals surface area contributed by atoms with E-state index in [9.17, 15) is 4.79 Å². The van der Waals surface area contributed by atoms with Crippen molar-refractivity contribution in [1.29, 1.82) is 0 Å². The minimum atomic E-state index is -0.526. The molecular formula is C20H25NO4. The lowest BCUT2D eigenvalue weighted by atomic mass is 10.2. The second-order valence-electron chi connectivity index (χ2n) is 5.74. The molecule has 0 heterocycles. The number of hydrogen-bond acceptors (Lipinski definition) is 4. The van der Waals surface area contributed by atoms with E-state index < -0.39 is 6.10 Å². The zero-order chi connectivity index (χ0) is 18.2. The van der Waals surface area contributed by atoms with Crippen molar-refractivity contribution in [2.24, 2.45) is 0 Å². The molecule has 0 aromatic heterocycles. The Morgan fingerprint density at radius 3 is 2.48 bits per heavy atom. The van der Waals surface area contributed by atoms with E-state index in [4.69, 9.17) is 14.2 Å². The van der Waals surface area contributed by atoms with Crippen molar-refractivity contribution in [3.8, 4) is 17.2 Å². The Labute approximate surface area is 148 Å². The Balaban J connectivity index is 1.98. The molecule has 2 aromatic carbocycles. The standard InChI is InChI=1S/C20H25NO4/c1-5-17(25-16-8-6-7-14(2)11-16)20(22)21-13-15-9-10-18(23-3)19(12-15)24-4/h6-12,17H,5,13H2,1-4H3,(H,21,22). The summed E-state index contributed by atoms with van der Waals surface area (Å²) in [7, 11) is 3.18. The van der Waals surface area contributed by atoms with Gasteiger partial charge < -0.3 is 19.5 Å². The van der Waals surface area contributed by atoms with Gasteiger partial charge in [-0.2, -0.15) is 0 Å². The minimum absolute atomic E-state index is 0.140. The number of amides is 1. The van der Waals surface area contributed by atoms with Crippen LogP contribution in [0.3, 0.4) is 0 Å². The minimum Gasteiger partial charge on any atom is -0.493 e. The van der Waals surface area contributed by atoms with Gasteiger partial charge in [0, 0.05) is 6.54 Å². The SMILES string of the molecule is CCC(Oc1cccc(C)c1)C(=O)NCc1ccc(OC)c(OC)c1. The van der Waals surface area contributed by atoms with E-state index in [0.29, 0.717) is 30.2 Å². The summed E-state index contributed by atoms with van der Waals surface area (Å²) in [5, 5.41) is 2.91. The van der Waals surface area contributed by atoms with Gasteiger partial charge in [-0.1, -0.05) is 25.1 Å². The Bertz CT molecular complexity index is 715. The molecule has 0 fully saturated rings. The van der Waals surface area contributed by atoms with E-state index in [1.54, 1.807) is 14.2 Å². The fourth-order valence-corrected chi connectivity index (χ4v) is 2.47. The van der Waals surface area contributed by atoms with E-state index >= 15 is 0 Å². The summed E-state index contributed by atoms with van der Waals surface area (Å²) >= 11 is 0. The van der Waals surface area contributed by atoms with Gasteiger partial charge in [-0.3, -0.25) is 4.79 Å². The Hall–Kier alpha value is -2.69. The fraction of sp³-hybridized carbons (Fsp3) is 0.350. The van der Waals surface area contributed by atoms with Gasteiger partial charge in [0.15, 0.2) is 17.6 Å². The Kier molecular flexibility index (Phi) is 6.69. The summed E-state index contributed by atoms with van der Waals surface area (Å²) in [6.45, 7) is 4.31. The van der Waals surface area contributed by atoms with E-state index in [1.807, 2.05) is 56.3 Å². The van der Waals surface area contributed by atoms with Crippen LogP contribution in [0.25, 0.3) is 0 Å². The van der Waals surface area contributed by atoms with Crippen LogP contribution in [0.15, 0.2) is 42.5 Å². The second kappa shape index (κ2) is 8.97. The maximum atomic E-state index is 12.4. The summed E-state index contributed by atoms with van der Waals surface area (Å²) in [6, 6.07) is 13.2. The van der Waals surface area contributed by atoms with Crippen LogP contribution < -0.4 is 19.5 Å². The molecule has 5 nitrogen and oxygen atoms in total. The molecule has 1 unspecified atom stereocenters. The summed E-state index contributed by atoms with van der Waals surface area (Å²) in [5.41, 5.74) is 2.02. The molecule has 0 aliphatic heterocycles. The second-order valence-corrected chi connectivity index (χ2v) is 5.74. The van der Waals surface area contributed by atoms with Crippen molar-refractivity contribution < 1.29 is 19.0 Å². The predicted octanol–water partition coefficient (Wildman–Crippen LogP) is 3.49. The molecule has 1 amide bonds. The van der Waals surface area contributed by atoms with Gasteiger partial charge in [0.1, 0.15) is 5.75 Å². The van der Waals surface area contributed by atoms with Gasteiger partial charge in [-0.15, -0.1) is 0 Å². The molecule has 0 saturated carbocycles. The van der Waals surface area contributed by atoms with Gasteiger partial charge in [-0.25, -0.2) is 0 Å². The Morgan fingerprint density at radius 1 is 1.08 bits per heavy atom. The number of ether oxygens (including phenoxy) is 3. The van der Waals surface area contributed by atoms with Crippen molar-refractivity contribution in [2.45, 2.75) is 32.9 Å². The van der Waals surface area contributed by atoms with E-state index in [0.717, 1.165) is 11.1 Å². The maximum Gasteiger partial charge on any atom is 0.261 e. The van der Waals surface area contributed by atoms with Crippen molar-refractivity contribution >= 4 is 5.91 Å². The van der Waals surface area contributed by atoms with Crippen LogP contribution in [0.4, 0.5) is 0 Å². The van der Waals surface area contributed by atoms with Crippen LogP contribution in [0, 0.1) is 6.92 Å². The van der Waals surface area contributed by atoms with E-state index in [2.05, 4.69) is 5.32 Å². The van der Waals surface area contributed by atoms with Gasteiger partial charge in [-0.05, 0) is 48.7 Å². The van der Waals surface area contributed by atoms with Crippen LogP contribution in [-0.2, 0) is 11.3 Å². The molecule has 0 bridgehead atoms. The predicted molar refractivity (Wildman–Crippen MR) is 97.3 cm³/mol. The molecule has 5 heteroatoms. The molecule has 0 saturated heterocycles. The number of hydrogen-bond donors (Lipinski definition) is 1. The zero-order valence-corrected chi connectivity index (χ0v) is 15.2. The number of benzene rings is 2. The first-order chi connectivity index (χ1) is 12.1. The summed E-state index contributed by atoms with van der Waals surface area (Å²) in [5.74, 6) is 1.86. The van der Waals surface area contributed by atoms with Crippen LogP contribution >= 0.6 is 0 Å². The highest BCUT2D eigenvalue weighted by molar-refractivity contribution is 5.81. The zero-order valence-electron chi connectivity index (χ0n) is 15.2. The molecule has 2 rings (SSSR count). The quantitative estimate of drug-likeness (QED) is 0.797. The molecule has 0 spiro atoms. The van der Waals surface area contributed by atoms with Crippen LogP contribution in [-0.4, -0.2) is 26.2 Å². The lowest BCUT2D eigenvalue weighted by Crippen LogP contribution is -2.37. The van der Waals surface area contributed by atoms with Crippen molar-refractivity contribution in [3.63, 3.8) is 0 Å². The summed E-state index contributed by atoms with van der Waals surface area (Å²) < 4.78 is 16.3. The van der Waals surface area contributed by atoms with Gasteiger partial charge >= 0.3 is 0 Å². The highest BCUT2D eigenvalue weighted by atomic mass is 16.5. The first kappa shape index (κ1) is 18.6. The third-order valence-electron chi connectivity index (χ3n) is 3.85. The van der Waals surface area contributed by atoms with Crippen molar-refractivity contribution in [2.75, 3.05) is 14.2 Å². The number of nitrogens with one attached hydrogen (secondary N) is 1. The molecule has 0 aliphatic rings. The third-order valence-corrected chi connectivity index (χ3v) is 3.85. The lowest BCUT2D eigenvalue weighted by molar-refractivity contribution is -0.128. The number of carbonyl (C=O) groups excluding carboxylic acids is 1. The fourth-order valence-electron chi connectivity index (χ4n) is 2.47. The number of carbonyl (C=O) groups is 1. The van der Waals surface area contributed by atoms with Crippen LogP contribution in [0.5, 0.6) is 17.2 Å². The molecule has 0 aliphatic carbocycles. The first-order valence-electron chi connectivity index (χ1n) is 8.29. The topological polar surface area (TPSA) is 56.8 Å².